The Morgan fingerprint density at radius 3 is 0.652 bits per heavy atom. The van der Waals surface area contributed by atoms with Gasteiger partial charge in [0.15, 0.2) is 6.10 Å². The van der Waals surface area contributed by atoms with E-state index in [4.69, 9.17) is 9.47 Å². The standard InChI is InChI=1S/C87H166O5/c1-3-5-7-9-11-13-15-17-19-21-23-25-27-29-31-33-35-37-39-41-42-43-44-46-47-49-51-53-55-57-59-61-63-65-67-69-71-73-75-77-79-81-86(89)91-84-85(83-88)92-87(90)82-80-78-76-74-72-70-68-66-64-62-60-58-56-54-52-50-48-45-40-38-36-34-32-30-28-26-24-22-20-18-16-14-12-10-8-6-4-2/h16,18,21-24,85,88H,3-15,17,19-20,25-84H2,1-2H3/b18-16-,23-21-,24-22-. The molecular formula is C87H166O5. The summed E-state index contributed by atoms with van der Waals surface area (Å²) >= 11 is 0. The normalized spacial score (nSPS) is 12.2. The zero-order valence-electron chi connectivity index (χ0n) is 62.9. The molecule has 0 aromatic heterocycles. The molecule has 5 heteroatoms. The van der Waals surface area contributed by atoms with Crippen LogP contribution in [0.1, 0.15) is 489 Å². The van der Waals surface area contributed by atoms with E-state index in [1.165, 1.54) is 424 Å². The van der Waals surface area contributed by atoms with Crippen LogP contribution >= 0.6 is 0 Å². The predicted octanol–water partition coefficient (Wildman–Crippen LogP) is 30.0. The second-order valence-corrected chi connectivity index (χ2v) is 29.3. The summed E-state index contributed by atoms with van der Waals surface area (Å²) in [6.45, 7) is 4.21. The van der Waals surface area contributed by atoms with E-state index in [1.54, 1.807) is 0 Å². The summed E-state index contributed by atoms with van der Waals surface area (Å²) in [5, 5.41) is 9.74. The molecule has 1 unspecified atom stereocenters. The molecule has 0 aliphatic rings. The lowest BCUT2D eigenvalue weighted by atomic mass is 10.0. The number of allylic oxidation sites excluding steroid dienone is 6. The van der Waals surface area contributed by atoms with Crippen molar-refractivity contribution in [2.75, 3.05) is 13.2 Å². The van der Waals surface area contributed by atoms with Crippen molar-refractivity contribution in [2.24, 2.45) is 0 Å². The van der Waals surface area contributed by atoms with Gasteiger partial charge in [-0.15, -0.1) is 0 Å². The molecule has 92 heavy (non-hydrogen) atoms. The van der Waals surface area contributed by atoms with Crippen LogP contribution in [0.4, 0.5) is 0 Å². The number of carbonyl (C=O) groups excluding carboxylic acids is 2. The fourth-order valence-corrected chi connectivity index (χ4v) is 13.5. The van der Waals surface area contributed by atoms with Crippen molar-refractivity contribution in [3.05, 3.63) is 36.5 Å². The van der Waals surface area contributed by atoms with Gasteiger partial charge in [0, 0.05) is 12.8 Å². The third kappa shape index (κ3) is 80.6. The van der Waals surface area contributed by atoms with Crippen molar-refractivity contribution in [1.82, 2.24) is 0 Å². The molecule has 0 fully saturated rings. The molecule has 1 N–H and O–H groups in total. The summed E-state index contributed by atoms with van der Waals surface area (Å²) in [6, 6.07) is 0. The van der Waals surface area contributed by atoms with Crippen LogP contribution in [0.2, 0.25) is 0 Å². The fourth-order valence-electron chi connectivity index (χ4n) is 13.5. The molecule has 0 heterocycles. The maximum atomic E-state index is 12.4. The minimum Gasteiger partial charge on any atom is -0.462 e. The van der Waals surface area contributed by atoms with Crippen LogP contribution in [0, 0.1) is 0 Å². The summed E-state index contributed by atoms with van der Waals surface area (Å²) in [7, 11) is 0. The summed E-state index contributed by atoms with van der Waals surface area (Å²) in [6.07, 6.45) is 113. The Balaban J connectivity index is 3.34. The molecule has 0 aliphatic carbocycles. The van der Waals surface area contributed by atoms with Gasteiger partial charge in [0.2, 0.25) is 0 Å². The SMILES string of the molecule is CCCCCCC/C=C\C/C=C\CCCCCCCCCCCCCCCCCCCCCCCCCCCC(=O)OC(CO)COC(=O)CCCCCCCCCCCCCCCCCCCCCCCCCCCCCCC/C=C\CCCCCCCCCC. The van der Waals surface area contributed by atoms with Gasteiger partial charge in [-0.3, -0.25) is 9.59 Å². The maximum Gasteiger partial charge on any atom is 0.306 e. The van der Waals surface area contributed by atoms with Crippen LogP contribution in [-0.4, -0.2) is 36.4 Å². The zero-order chi connectivity index (χ0) is 66.1. The number of esters is 2. The predicted molar refractivity (Wildman–Crippen MR) is 408 cm³/mol. The number of unbranched alkanes of at least 4 members (excludes halogenated alkanes) is 67. The second-order valence-electron chi connectivity index (χ2n) is 29.3. The van der Waals surface area contributed by atoms with Gasteiger partial charge in [-0.1, -0.05) is 442 Å². The molecule has 0 saturated carbocycles. The van der Waals surface area contributed by atoms with E-state index >= 15 is 0 Å². The monoisotopic (exact) mass is 1290 g/mol. The lowest BCUT2D eigenvalue weighted by Crippen LogP contribution is -2.28. The molecule has 0 saturated heterocycles. The van der Waals surface area contributed by atoms with Crippen LogP contribution in [0.3, 0.4) is 0 Å². The van der Waals surface area contributed by atoms with E-state index in [1.807, 2.05) is 0 Å². The van der Waals surface area contributed by atoms with Crippen LogP contribution in [0.25, 0.3) is 0 Å². The lowest BCUT2D eigenvalue weighted by Gasteiger charge is -2.15. The van der Waals surface area contributed by atoms with Gasteiger partial charge in [0.25, 0.3) is 0 Å². The number of hydrogen-bond donors (Lipinski definition) is 1. The molecular weight excluding hydrogens is 1120 g/mol. The highest BCUT2D eigenvalue weighted by Gasteiger charge is 2.16. The van der Waals surface area contributed by atoms with E-state index in [9.17, 15) is 14.7 Å². The third-order valence-electron chi connectivity index (χ3n) is 19.9. The van der Waals surface area contributed by atoms with Gasteiger partial charge in [0.1, 0.15) is 6.61 Å². The Labute approximate surface area is 577 Å². The molecule has 1 atom stereocenters. The fraction of sp³-hybridized carbons (Fsp3) is 0.908. The van der Waals surface area contributed by atoms with Crippen molar-refractivity contribution in [3.8, 4) is 0 Å². The first kappa shape index (κ1) is 90.1. The van der Waals surface area contributed by atoms with Crippen LogP contribution < -0.4 is 0 Å². The van der Waals surface area contributed by atoms with Gasteiger partial charge in [0.05, 0.1) is 6.61 Å². The number of ether oxygens (including phenoxy) is 2. The average molecular weight is 1290 g/mol. The van der Waals surface area contributed by atoms with Crippen LogP contribution in [-0.2, 0) is 19.1 Å². The summed E-state index contributed by atoms with van der Waals surface area (Å²) in [5.41, 5.74) is 0. The summed E-state index contributed by atoms with van der Waals surface area (Å²) < 4.78 is 10.8. The van der Waals surface area contributed by atoms with Crippen molar-refractivity contribution < 1.29 is 24.2 Å². The quantitative estimate of drug-likeness (QED) is 0.0373. The summed E-state index contributed by atoms with van der Waals surface area (Å²) in [5.74, 6) is -0.559. The van der Waals surface area contributed by atoms with Gasteiger partial charge in [-0.25, -0.2) is 0 Å². The Morgan fingerprint density at radius 1 is 0.250 bits per heavy atom. The lowest BCUT2D eigenvalue weighted by molar-refractivity contribution is -0.161. The van der Waals surface area contributed by atoms with Crippen molar-refractivity contribution in [3.63, 3.8) is 0 Å². The number of aliphatic hydroxyl groups is 1. The Kier molecular flexibility index (Phi) is 81.6. The smallest absolute Gasteiger partial charge is 0.306 e. The topological polar surface area (TPSA) is 72.8 Å². The molecule has 0 bridgehead atoms. The van der Waals surface area contributed by atoms with E-state index in [0.29, 0.717) is 12.8 Å². The van der Waals surface area contributed by atoms with E-state index in [0.717, 1.165) is 38.5 Å². The second kappa shape index (κ2) is 83.3. The first-order valence-corrected chi connectivity index (χ1v) is 42.5. The largest absolute Gasteiger partial charge is 0.462 e. The maximum absolute atomic E-state index is 12.4. The van der Waals surface area contributed by atoms with E-state index in [-0.39, 0.29) is 25.2 Å². The van der Waals surface area contributed by atoms with Gasteiger partial charge < -0.3 is 14.6 Å². The van der Waals surface area contributed by atoms with Gasteiger partial charge >= 0.3 is 11.9 Å². The molecule has 0 spiro atoms. The van der Waals surface area contributed by atoms with Gasteiger partial charge in [-0.05, 0) is 70.6 Å². The molecule has 0 aromatic carbocycles. The summed E-state index contributed by atoms with van der Waals surface area (Å²) in [4.78, 5) is 24.7. The Morgan fingerprint density at radius 2 is 0.435 bits per heavy atom. The molecule has 544 valence electrons. The molecule has 0 aromatic rings. The zero-order valence-corrected chi connectivity index (χ0v) is 62.9. The Bertz CT molecular complexity index is 1470. The van der Waals surface area contributed by atoms with Crippen LogP contribution in [0.5, 0.6) is 0 Å². The third-order valence-corrected chi connectivity index (χ3v) is 19.9. The van der Waals surface area contributed by atoms with E-state index < -0.39 is 6.10 Å². The Hall–Kier alpha value is -1.88. The molecule has 5 nitrogen and oxygen atoms in total. The minimum atomic E-state index is -0.770. The van der Waals surface area contributed by atoms with Crippen molar-refractivity contribution >= 4 is 11.9 Å². The van der Waals surface area contributed by atoms with Crippen molar-refractivity contribution in [2.45, 2.75) is 495 Å². The van der Waals surface area contributed by atoms with Gasteiger partial charge in [-0.2, -0.15) is 0 Å². The first-order chi connectivity index (χ1) is 45.6. The highest BCUT2D eigenvalue weighted by molar-refractivity contribution is 5.70. The molecule has 0 radical (unpaired) electrons. The number of aliphatic hydroxyl groups excluding tert-OH is 1. The highest BCUT2D eigenvalue weighted by Crippen LogP contribution is 2.21. The molecule has 0 amide bonds. The number of hydrogen-bond acceptors (Lipinski definition) is 5. The number of carbonyl (C=O) groups is 2. The van der Waals surface area contributed by atoms with Crippen LogP contribution in [0.15, 0.2) is 36.5 Å². The first-order valence-electron chi connectivity index (χ1n) is 42.5. The molecule has 0 aliphatic heterocycles. The minimum absolute atomic E-state index is 0.0575. The van der Waals surface area contributed by atoms with E-state index in [2.05, 4.69) is 50.3 Å². The highest BCUT2D eigenvalue weighted by atomic mass is 16.6. The molecule has 0 rings (SSSR count). The van der Waals surface area contributed by atoms with Crippen molar-refractivity contribution in [1.29, 1.82) is 0 Å². The number of rotatable bonds is 81. The average Bonchev–Trinajstić information content (AvgIpc) is 3.70.